The molecule has 0 bridgehead atoms. The van der Waals surface area contributed by atoms with Crippen molar-refractivity contribution in [3.8, 4) is 5.75 Å². The number of rotatable bonds is 3. The van der Waals surface area contributed by atoms with Gasteiger partial charge in [0, 0.05) is 33.3 Å². The van der Waals surface area contributed by atoms with Crippen LogP contribution < -0.4 is 10.1 Å². The summed E-state index contributed by atoms with van der Waals surface area (Å²) in [4.78, 5) is 32.3. The van der Waals surface area contributed by atoms with Crippen LogP contribution in [-0.2, 0) is 4.79 Å². The van der Waals surface area contributed by atoms with E-state index in [9.17, 15) is 9.59 Å². The Morgan fingerprint density at radius 2 is 2.07 bits per heavy atom. The zero-order valence-corrected chi connectivity index (χ0v) is 16.1. The largest absolute Gasteiger partial charge is 0.487 e. The van der Waals surface area contributed by atoms with E-state index in [4.69, 9.17) is 4.74 Å². The molecule has 2 atom stereocenters. The van der Waals surface area contributed by atoms with Crippen LogP contribution in [0.4, 0.5) is 5.82 Å². The van der Waals surface area contributed by atoms with Gasteiger partial charge in [0.25, 0.3) is 5.91 Å². The van der Waals surface area contributed by atoms with Gasteiger partial charge in [-0.25, -0.2) is 4.98 Å². The van der Waals surface area contributed by atoms with E-state index in [-0.39, 0.29) is 23.9 Å². The lowest BCUT2D eigenvalue weighted by atomic mass is 10.1. The molecular weight excluding hydrogens is 356 g/mol. The number of carbonyl (C=O) groups is 2. The predicted octanol–water partition coefficient (Wildman–Crippen LogP) is 2.32. The lowest BCUT2D eigenvalue weighted by Gasteiger charge is -2.27. The van der Waals surface area contributed by atoms with Crippen LogP contribution in [0.2, 0.25) is 0 Å². The third kappa shape index (κ3) is 3.52. The molecule has 0 aliphatic carbocycles. The summed E-state index contributed by atoms with van der Waals surface area (Å²) in [6.07, 6.45) is 2.38. The second kappa shape index (κ2) is 7.50. The summed E-state index contributed by atoms with van der Waals surface area (Å²) in [6.45, 7) is 3.20. The molecule has 4 rings (SSSR count). The number of likely N-dealkylation sites (N-methyl/N-ethyl adjacent to an activating group) is 1. The van der Waals surface area contributed by atoms with E-state index in [1.807, 2.05) is 30.3 Å². The zero-order valence-electron chi connectivity index (χ0n) is 16.1. The number of carbonyl (C=O) groups excluding carboxylic acids is 2. The van der Waals surface area contributed by atoms with Gasteiger partial charge in [0.05, 0.1) is 17.6 Å². The highest BCUT2D eigenvalue weighted by Crippen LogP contribution is 2.33. The van der Waals surface area contributed by atoms with Crippen molar-refractivity contribution in [2.24, 2.45) is 0 Å². The Hall–Kier alpha value is -3.09. The second-order valence-electron chi connectivity index (χ2n) is 7.31. The Labute approximate surface area is 164 Å². The maximum Gasteiger partial charge on any atom is 0.255 e. The number of hydrogen-bond donors (Lipinski definition) is 1. The van der Waals surface area contributed by atoms with Gasteiger partial charge in [0.15, 0.2) is 11.6 Å². The second-order valence-corrected chi connectivity index (χ2v) is 7.31. The molecule has 2 aliphatic rings. The van der Waals surface area contributed by atoms with E-state index in [2.05, 4.69) is 10.3 Å². The van der Waals surface area contributed by atoms with Crippen LogP contribution in [0.25, 0.3) is 0 Å². The summed E-state index contributed by atoms with van der Waals surface area (Å²) >= 11 is 0. The quantitative estimate of drug-likeness (QED) is 0.885. The van der Waals surface area contributed by atoms with Crippen molar-refractivity contribution < 1.29 is 14.3 Å². The Morgan fingerprint density at radius 3 is 2.82 bits per heavy atom. The van der Waals surface area contributed by atoms with Crippen molar-refractivity contribution >= 4 is 17.6 Å². The number of ether oxygens (including phenoxy) is 1. The van der Waals surface area contributed by atoms with Crippen LogP contribution in [0.1, 0.15) is 35.3 Å². The van der Waals surface area contributed by atoms with Gasteiger partial charge in [-0.1, -0.05) is 30.3 Å². The van der Waals surface area contributed by atoms with Crippen molar-refractivity contribution in [2.75, 3.05) is 32.1 Å². The molecule has 2 amide bonds. The fourth-order valence-electron chi connectivity index (χ4n) is 3.71. The molecule has 0 radical (unpaired) electrons. The lowest BCUT2D eigenvalue weighted by Crippen LogP contribution is -2.39. The van der Waals surface area contributed by atoms with Crippen LogP contribution in [-0.4, -0.2) is 59.4 Å². The van der Waals surface area contributed by atoms with Crippen molar-refractivity contribution in [3.05, 3.63) is 53.7 Å². The van der Waals surface area contributed by atoms with Crippen LogP contribution in [0.15, 0.2) is 42.6 Å². The number of pyridine rings is 1. The molecule has 2 aromatic rings. The van der Waals surface area contributed by atoms with Crippen molar-refractivity contribution in [2.45, 2.75) is 25.4 Å². The number of likely N-dealkylation sites (tertiary alicyclic amines) is 1. The van der Waals surface area contributed by atoms with Crippen molar-refractivity contribution in [1.29, 1.82) is 0 Å². The highest BCUT2D eigenvalue weighted by molar-refractivity contribution is 5.95. The van der Waals surface area contributed by atoms with Gasteiger partial charge in [-0.2, -0.15) is 0 Å². The number of benzene rings is 1. The predicted molar refractivity (Wildman–Crippen MR) is 105 cm³/mol. The van der Waals surface area contributed by atoms with E-state index >= 15 is 0 Å². The molecule has 0 spiro atoms. The van der Waals surface area contributed by atoms with Crippen LogP contribution in [0, 0.1) is 0 Å². The number of nitrogens with one attached hydrogen (secondary N) is 1. The third-order valence-electron chi connectivity index (χ3n) is 5.51. The average Bonchev–Trinajstić information content (AvgIpc) is 3.22. The molecule has 1 fully saturated rings. The summed E-state index contributed by atoms with van der Waals surface area (Å²) in [6, 6.07) is 11.9. The van der Waals surface area contributed by atoms with Gasteiger partial charge in [0.1, 0.15) is 6.61 Å². The lowest BCUT2D eigenvalue weighted by molar-refractivity contribution is -0.129. The van der Waals surface area contributed by atoms with E-state index in [0.29, 0.717) is 36.8 Å². The summed E-state index contributed by atoms with van der Waals surface area (Å²) < 4.78 is 5.89. The molecule has 3 heterocycles. The fraction of sp³-hybridized carbons (Fsp3) is 0.381. The minimum absolute atomic E-state index is 0.0159. The van der Waals surface area contributed by atoms with Crippen molar-refractivity contribution in [3.63, 3.8) is 0 Å². The molecule has 2 aliphatic heterocycles. The number of aromatic nitrogens is 1. The molecule has 7 nitrogen and oxygen atoms in total. The highest BCUT2D eigenvalue weighted by atomic mass is 16.5. The summed E-state index contributed by atoms with van der Waals surface area (Å²) in [5, 5.41) is 3.38. The number of nitrogens with zero attached hydrogens (tertiary/aromatic N) is 3. The van der Waals surface area contributed by atoms with E-state index < -0.39 is 0 Å². The highest BCUT2D eigenvalue weighted by Gasteiger charge is 2.31. The summed E-state index contributed by atoms with van der Waals surface area (Å²) in [5.41, 5.74) is 1.64. The van der Waals surface area contributed by atoms with Crippen LogP contribution in [0.5, 0.6) is 5.75 Å². The monoisotopic (exact) mass is 380 g/mol. The first kappa shape index (κ1) is 18.3. The minimum Gasteiger partial charge on any atom is -0.487 e. The summed E-state index contributed by atoms with van der Waals surface area (Å²) in [5.74, 6) is 1.17. The molecular formula is C21H24N4O3. The first-order valence-corrected chi connectivity index (χ1v) is 9.50. The maximum absolute atomic E-state index is 12.9. The molecule has 7 heteroatoms. The minimum atomic E-state index is -0.0801. The number of amides is 2. The molecule has 0 saturated carbocycles. The van der Waals surface area contributed by atoms with E-state index in [0.717, 1.165) is 12.0 Å². The molecule has 0 unspecified atom stereocenters. The van der Waals surface area contributed by atoms with Gasteiger partial charge in [-0.3, -0.25) is 9.59 Å². The molecule has 1 saturated heterocycles. The first-order valence-electron chi connectivity index (χ1n) is 9.50. The molecule has 1 aromatic heterocycles. The fourth-order valence-corrected chi connectivity index (χ4v) is 3.71. The number of anilines is 1. The SMILES string of the molecule is CC(=O)N(C)[C@H]1CCN(C(=O)c2cnc3c(c2)OC[C@@H](c2ccccc2)N3)C1. The summed E-state index contributed by atoms with van der Waals surface area (Å²) in [7, 11) is 1.78. The molecule has 1 N–H and O–H groups in total. The zero-order chi connectivity index (χ0) is 19.7. The maximum atomic E-state index is 12.9. The van der Waals surface area contributed by atoms with Gasteiger partial charge in [-0.05, 0) is 18.1 Å². The Kier molecular flexibility index (Phi) is 4.90. The molecule has 1 aromatic carbocycles. The standard InChI is InChI=1S/C21H24N4O3/c1-14(26)24(2)17-8-9-25(12-17)21(27)16-10-19-20(22-11-16)23-18(13-28-19)15-6-4-3-5-7-15/h3-7,10-11,17-18H,8-9,12-13H2,1-2H3,(H,22,23)/t17-,18-/m0/s1. The van der Waals surface area contributed by atoms with Gasteiger partial charge in [0.2, 0.25) is 5.91 Å². The Bertz CT molecular complexity index is 886. The molecule has 28 heavy (non-hydrogen) atoms. The van der Waals surface area contributed by atoms with Gasteiger partial charge < -0.3 is 19.9 Å². The number of hydrogen-bond acceptors (Lipinski definition) is 5. The van der Waals surface area contributed by atoms with Gasteiger partial charge in [-0.15, -0.1) is 0 Å². The van der Waals surface area contributed by atoms with Crippen LogP contribution in [0.3, 0.4) is 0 Å². The molecule has 146 valence electrons. The van der Waals surface area contributed by atoms with Crippen molar-refractivity contribution in [1.82, 2.24) is 14.8 Å². The first-order chi connectivity index (χ1) is 13.5. The topological polar surface area (TPSA) is 74.8 Å². The number of fused-ring (bicyclic) bond motifs is 1. The van der Waals surface area contributed by atoms with Crippen LogP contribution >= 0.6 is 0 Å². The Balaban J connectivity index is 1.45. The van der Waals surface area contributed by atoms with E-state index in [1.165, 1.54) is 0 Å². The van der Waals surface area contributed by atoms with Gasteiger partial charge >= 0.3 is 0 Å². The normalized spacial score (nSPS) is 20.7. The third-order valence-corrected chi connectivity index (χ3v) is 5.51. The average molecular weight is 380 g/mol. The Morgan fingerprint density at radius 1 is 1.29 bits per heavy atom. The smallest absolute Gasteiger partial charge is 0.255 e. The van der Waals surface area contributed by atoms with E-state index in [1.54, 1.807) is 36.0 Å².